The van der Waals surface area contributed by atoms with Gasteiger partial charge in [0.05, 0.1) is 6.04 Å². The zero-order valence-corrected chi connectivity index (χ0v) is 11.7. The van der Waals surface area contributed by atoms with Gasteiger partial charge in [-0.2, -0.15) is 0 Å². The van der Waals surface area contributed by atoms with E-state index in [4.69, 9.17) is 4.74 Å². The van der Waals surface area contributed by atoms with E-state index in [0.29, 0.717) is 17.9 Å². The monoisotopic (exact) mass is 254 g/mol. The molecule has 0 saturated carbocycles. The standard InChI is InChI=1S/C14H26N2O2/c1-11(2)15-13-4-3-7-16(14(13)17)8-5-12-6-9-18-10-12/h11-13,15H,3-10H2,1-2H3. The summed E-state index contributed by atoms with van der Waals surface area (Å²) in [5.74, 6) is 0.963. The summed E-state index contributed by atoms with van der Waals surface area (Å²) in [5, 5.41) is 3.37. The van der Waals surface area contributed by atoms with Crippen molar-refractivity contribution in [3.05, 3.63) is 0 Å². The van der Waals surface area contributed by atoms with E-state index in [9.17, 15) is 4.79 Å². The first-order valence-electron chi connectivity index (χ1n) is 7.29. The molecular weight excluding hydrogens is 228 g/mol. The molecule has 0 aliphatic carbocycles. The van der Waals surface area contributed by atoms with Crippen LogP contribution in [0.3, 0.4) is 0 Å². The van der Waals surface area contributed by atoms with Crippen molar-refractivity contribution in [1.29, 1.82) is 0 Å². The van der Waals surface area contributed by atoms with Gasteiger partial charge >= 0.3 is 0 Å². The maximum absolute atomic E-state index is 12.3. The Kier molecular flexibility index (Phi) is 5.01. The van der Waals surface area contributed by atoms with Gasteiger partial charge in [-0.1, -0.05) is 13.8 Å². The number of likely N-dealkylation sites (tertiary alicyclic amines) is 1. The lowest BCUT2D eigenvalue weighted by Crippen LogP contribution is -2.52. The third kappa shape index (κ3) is 3.69. The molecule has 2 fully saturated rings. The van der Waals surface area contributed by atoms with Crippen molar-refractivity contribution in [3.8, 4) is 0 Å². The molecule has 4 heteroatoms. The summed E-state index contributed by atoms with van der Waals surface area (Å²) in [6.07, 6.45) is 4.37. The Labute approximate surface area is 110 Å². The molecule has 2 rings (SSSR count). The number of carbonyl (C=O) groups excluding carboxylic acids is 1. The highest BCUT2D eigenvalue weighted by Crippen LogP contribution is 2.19. The van der Waals surface area contributed by atoms with Gasteiger partial charge in [0.2, 0.25) is 5.91 Å². The van der Waals surface area contributed by atoms with Gasteiger partial charge in [0.15, 0.2) is 0 Å². The molecule has 1 amide bonds. The van der Waals surface area contributed by atoms with Crippen molar-refractivity contribution >= 4 is 5.91 Å². The van der Waals surface area contributed by atoms with E-state index in [-0.39, 0.29) is 6.04 Å². The van der Waals surface area contributed by atoms with Crippen molar-refractivity contribution in [3.63, 3.8) is 0 Å². The van der Waals surface area contributed by atoms with Gasteiger partial charge in [-0.15, -0.1) is 0 Å². The highest BCUT2D eigenvalue weighted by atomic mass is 16.5. The van der Waals surface area contributed by atoms with Gasteiger partial charge in [0.1, 0.15) is 0 Å². The number of hydrogen-bond acceptors (Lipinski definition) is 3. The fraction of sp³-hybridized carbons (Fsp3) is 0.929. The Morgan fingerprint density at radius 3 is 2.94 bits per heavy atom. The summed E-state index contributed by atoms with van der Waals surface area (Å²) in [6, 6.07) is 0.417. The van der Waals surface area contributed by atoms with Gasteiger partial charge in [0, 0.05) is 32.3 Å². The highest BCUT2D eigenvalue weighted by molar-refractivity contribution is 5.82. The summed E-state index contributed by atoms with van der Waals surface area (Å²) in [5.41, 5.74) is 0. The molecule has 0 aromatic rings. The molecule has 2 saturated heterocycles. The van der Waals surface area contributed by atoms with E-state index in [1.165, 1.54) is 0 Å². The molecule has 2 unspecified atom stereocenters. The first-order chi connectivity index (χ1) is 8.66. The van der Waals surface area contributed by atoms with Crippen molar-refractivity contribution < 1.29 is 9.53 Å². The second kappa shape index (κ2) is 6.53. The molecule has 1 N–H and O–H groups in total. The van der Waals surface area contributed by atoms with Crippen molar-refractivity contribution in [2.75, 3.05) is 26.3 Å². The molecule has 2 aliphatic rings. The van der Waals surface area contributed by atoms with Crippen LogP contribution in [0.2, 0.25) is 0 Å². The van der Waals surface area contributed by atoms with Crippen LogP contribution in [-0.4, -0.2) is 49.2 Å². The minimum absolute atomic E-state index is 0.0404. The zero-order chi connectivity index (χ0) is 13.0. The number of amides is 1. The molecule has 2 atom stereocenters. The average Bonchev–Trinajstić information content (AvgIpc) is 2.83. The quantitative estimate of drug-likeness (QED) is 0.806. The van der Waals surface area contributed by atoms with Gasteiger partial charge in [0.25, 0.3) is 0 Å². The van der Waals surface area contributed by atoms with E-state index < -0.39 is 0 Å². The van der Waals surface area contributed by atoms with Crippen LogP contribution >= 0.6 is 0 Å². The van der Waals surface area contributed by atoms with Crippen LogP contribution in [0.1, 0.15) is 39.5 Å². The molecule has 0 spiro atoms. The number of ether oxygens (including phenoxy) is 1. The van der Waals surface area contributed by atoms with Gasteiger partial charge in [-0.05, 0) is 31.6 Å². The van der Waals surface area contributed by atoms with Gasteiger partial charge in [-0.3, -0.25) is 4.79 Å². The number of carbonyl (C=O) groups is 1. The number of rotatable bonds is 5. The Morgan fingerprint density at radius 1 is 1.44 bits per heavy atom. The Bertz CT molecular complexity index is 275. The number of nitrogens with zero attached hydrogens (tertiary/aromatic N) is 1. The molecule has 2 aliphatic heterocycles. The molecule has 4 nitrogen and oxygen atoms in total. The fourth-order valence-electron chi connectivity index (χ4n) is 2.87. The predicted molar refractivity (Wildman–Crippen MR) is 71.4 cm³/mol. The lowest BCUT2D eigenvalue weighted by Gasteiger charge is -2.34. The molecule has 104 valence electrons. The first-order valence-corrected chi connectivity index (χ1v) is 7.29. The lowest BCUT2D eigenvalue weighted by atomic mass is 10.0. The van der Waals surface area contributed by atoms with Crippen LogP contribution in [0.15, 0.2) is 0 Å². The van der Waals surface area contributed by atoms with Crippen LogP contribution in [0.5, 0.6) is 0 Å². The Balaban J connectivity index is 1.78. The SMILES string of the molecule is CC(C)NC1CCCN(CCC2CCOC2)C1=O. The zero-order valence-electron chi connectivity index (χ0n) is 11.7. The maximum atomic E-state index is 12.3. The molecule has 0 radical (unpaired) electrons. The summed E-state index contributed by atoms with van der Waals surface area (Å²) in [7, 11) is 0. The van der Waals surface area contributed by atoms with Gasteiger partial charge in [-0.25, -0.2) is 0 Å². The molecule has 2 heterocycles. The van der Waals surface area contributed by atoms with Crippen molar-refractivity contribution in [2.45, 2.75) is 51.6 Å². The maximum Gasteiger partial charge on any atom is 0.239 e. The van der Waals surface area contributed by atoms with Crippen molar-refractivity contribution in [1.82, 2.24) is 10.2 Å². The molecule has 18 heavy (non-hydrogen) atoms. The summed E-state index contributed by atoms with van der Waals surface area (Å²) in [4.78, 5) is 14.3. The Morgan fingerprint density at radius 2 is 2.28 bits per heavy atom. The minimum atomic E-state index is 0.0404. The highest BCUT2D eigenvalue weighted by Gasteiger charge is 2.29. The largest absolute Gasteiger partial charge is 0.381 e. The fourth-order valence-corrected chi connectivity index (χ4v) is 2.87. The van der Waals surface area contributed by atoms with Crippen LogP contribution < -0.4 is 5.32 Å². The minimum Gasteiger partial charge on any atom is -0.381 e. The van der Waals surface area contributed by atoms with Crippen molar-refractivity contribution in [2.24, 2.45) is 5.92 Å². The van der Waals surface area contributed by atoms with E-state index in [2.05, 4.69) is 19.2 Å². The molecule has 0 aromatic carbocycles. The summed E-state index contributed by atoms with van der Waals surface area (Å²) in [6.45, 7) is 7.82. The third-order valence-electron chi connectivity index (χ3n) is 3.90. The van der Waals surface area contributed by atoms with Crippen LogP contribution in [0, 0.1) is 5.92 Å². The summed E-state index contributed by atoms with van der Waals surface area (Å²) < 4.78 is 5.38. The van der Waals surface area contributed by atoms with Crippen LogP contribution in [0.25, 0.3) is 0 Å². The summed E-state index contributed by atoms with van der Waals surface area (Å²) >= 11 is 0. The van der Waals surface area contributed by atoms with Crippen LogP contribution in [0.4, 0.5) is 0 Å². The smallest absolute Gasteiger partial charge is 0.239 e. The number of nitrogens with one attached hydrogen (secondary N) is 1. The third-order valence-corrected chi connectivity index (χ3v) is 3.90. The molecule has 0 aromatic heterocycles. The topological polar surface area (TPSA) is 41.6 Å². The normalized spacial score (nSPS) is 29.3. The van der Waals surface area contributed by atoms with E-state index in [1.807, 2.05) is 4.90 Å². The number of hydrogen-bond donors (Lipinski definition) is 1. The number of piperidine rings is 1. The molecule has 0 bridgehead atoms. The second-order valence-electron chi connectivity index (χ2n) is 5.86. The predicted octanol–water partition coefficient (Wildman–Crippen LogP) is 1.40. The second-order valence-corrected chi connectivity index (χ2v) is 5.86. The average molecular weight is 254 g/mol. The van der Waals surface area contributed by atoms with Gasteiger partial charge < -0.3 is 15.0 Å². The van der Waals surface area contributed by atoms with E-state index in [0.717, 1.165) is 52.0 Å². The first kappa shape index (κ1) is 13.8. The van der Waals surface area contributed by atoms with E-state index in [1.54, 1.807) is 0 Å². The van der Waals surface area contributed by atoms with E-state index >= 15 is 0 Å². The molecular formula is C14H26N2O2. The Hall–Kier alpha value is -0.610. The lowest BCUT2D eigenvalue weighted by molar-refractivity contribution is -0.136. The van der Waals surface area contributed by atoms with Crippen LogP contribution in [-0.2, 0) is 9.53 Å².